The van der Waals surface area contributed by atoms with Crippen molar-refractivity contribution < 1.29 is 18.0 Å². The van der Waals surface area contributed by atoms with E-state index >= 15 is 0 Å². The van der Waals surface area contributed by atoms with Gasteiger partial charge in [0.1, 0.15) is 4.83 Å². The highest BCUT2D eigenvalue weighted by atomic mass is 32.2. The highest BCUT2D eigenvalue weighted by molar-refractivity contribution is 7.99. The fourth-order valence-corrected chi connectivity index (χ4v) is 6.58. The average Bonchev–Trinajstić information content (AvgIpc) is 3.25. The van der Waals surface area contributed by atoms with Crippen LogP contribution in [0.4, 0.5) is 18.9 Å². The number of anilines is 1. The maximum Gasteiger partial charge on any atom is 0.416 e. The molecule has 0 aliphatic carbocycles. The Morgan fingerprint density at radius 2 is 1.95 bits per heavy atom. The number of aromatic nitrogens is 2. The van der Waals surface area contributed by atoms with Crippen LogP contribution in [0.25, 0.3) is 15.9 Å². The first kappa shape index (κ1) is 26.5. The molecule has 38 heavy (non-hydrogen) atoms. The molecule has 5 rings (SSSR count). The molecule has 1 aliphatic rings. The first-order valence-corrected chi connectivity index (χ1v) is 13.9. The van der Waals surface area contributed by atoms with Crippen LogP contribution < -0.4 is 10.9 Å². The van der Waals surface area contributed by atoms with Gasteiger partial charge >= 0.3 is 6.18 Å². The van der Waals surface area contributed by atoms with Gasteiger partial charge in [-0.1, -0.05) is 42.4 Å². The molecule has 0 saturated heterocycles. The van der Waals surface area contributed by atoms with E-state index in [0.717, 1.165) is 66.0 Å². The van der Waals surface area contributed by atoms with Gasteiger partial charge in [0.25, 0.3) is 5.56 Å². The Labute approximate surface area is 225 Å². The Balaban J connectivity index is 1.48. The molecule has 198 valence electrons. The van der Waals surface area contributed by atoms with Crippen LogP contribution >= 0.6 is 23.1 Å². The van der Waals surface area contributed by atoms with E-state index in [0.29, 0.717) is 21.1 Å². The average molecular weight is 559 g/mol. The van der Waals surface area contributed by atoms with Crippen molar-refractivity contribution in [2.75, 3.05) is 24.2 Å². The zero-order valence-corrected chi connectivity index (χ0v) is 22.4. The zero-order valence-electron chi connectivity index (χ0n) is 20.8. The van der Waals surface area contributed by atoms with Crippen LogP contribution in [0.2, 0.25) is 0 Å². The molecule has 0 saturated carbocycles. The number of hydrogen-bond acceptors (Lipinski definition) is 6. The number of nitrogens with zero attached hydrogens (tertiary/aromatic N) is 3. The van der Waals surface area contributed by atoms with Crippen molar-refractivity contribution in [2.45, 2.75) is 38.1 Å². The molecule has 11 heteroatoms. The summed E-state index contributed by atoms with van der Waals surface area (Å²) in [4.78, 5) is 35.5. The minimum atomic E-state index is -4.51. The predicted molar refractivity (Wildman–Crippen MR) is 145 cm³/mol. The Morgan fingerprint density at radius 1 is 1.18 bits per heavy atom. The maximum absolute atomic E-state index is 13.9. The minimum absolute atomic E-state index is 0.0520. The maximum atomic E-state index is 13.9. The number of thioether (sulfide) groups is 1. The molecule has 0 radical (unpaired) electrons. The number of carbonyl (C=O) groups is 1. The lowest BCUT2D eigenvalue weighted by atomic mass is 10.1. The predicted octanol–water partition coefficient (Wildman–Crippen LogP) is 5.88. The van der Waals surface area contributed by atoms with Crippen LogP contribution in [-0.4, -0.2) is 39.2 Å². The van der Waals surface area contributed by atoms with Crippen LogP contribution in [0, 0.1) is 6.92 Å². The fraction of sp³-hybridized carbons (Fsp3) is 0.296. The number of fused-ring (bicyclic) bond motifs is 3. The van der Waals surface area contributed by atoms with E-state index in [2.05, 4.69) is 17.1 Å². The topological polar surface area (TPSA) is 67.2 Å². The monoisotopic (exact) mass is 558 g/mol. The van der Waals surface area contributed by atoms with Crippen molar-refractivity contribution >= 4 is 44.9 Å². The minimum Gasteiger partial charge on any atom is -0.325 e. The number of amides is 1. The van der Waals surface area contributed by atoms with Gasteiger partial charge in [0.15, 0.2) is 5.16 Å². The van der Waals surface area contributed by atoms with E-state index in [4.69, 9.17) is 4.98 Å². The SMILES string of the molecule is CCN1CCc2c(sc3nc(SCC(=O)Nc4cccc(C(F)(F)F)c4)n(-c4ccc(C)cc4)c(=O)c23)C1. The molecule has 0 unspecified atom stereocenters. The summed E-state index contributed by atoms with van der Waals surface area (Å²) in [6, 6.07) is 12.0. The lowest BCUT2D eigenvalue weighted by Crippen LogP contribution is -2.30. The van der Waals surface area contributed by atoms with E-state index in [1.807, 2.05) is 31.2 Å². The molecule has 0 bridgehead atoms. The summed E-state index contributed by atoms with van der Waals surface area (Å²) in [7, 11) is 0. The summed E-state index contributed by atoms with van der Waals surface area (Å²) in [5, 5.41) is 3.50. The normalized spacial score (nSPS) is 14.0. The van der Waals surface area contributed by atoms with Gasteiger partial charge < -0.3 is 5.32 Å². The van der Waals surface area contributed by atoms with Crippen LogP contribution in [0.15, 0.2) is 58.5 Å². The molecule has 0 fully saturated rings. The van der Waals surface area contributed by atoms with Crippen LogP contribution in [0.3, 0.4) is 0 Å². The number of carbonyl (C=O) groups excluding carboxylic acids is 1. The molecule has 0 atom stereocenters. The van der Waals surface area contributed by atoms with Crippen molar-refractivity contribution in [2.24, 2.45) is 0 Å². The Bertz CT molecular complexity index is 1560. The van der Waals surface area contributed by atoms with E-state index < -0.39 is 17.6 Å². The zero-order chi connectivity index (χ0) is 27.0. The van der Waals surface area contributed by atoms with Gasteiger partial charge in [-0.15, -0.1) is 11.3 Å². The summed E-state index contributed by atoms with van der Waals surface area (Å²) in [5.41, 5.74) is 1.76. The largest absolute Gasteiger partial charge is 0.416 e. The molecular weight excluding hydrogens is 533 g/mol. The van der Waals surface area contributed by atoms with Gasteiger partial charge in [0.2, 0.25) is 5.91 Å². The highest BCUT2D eigenvalue weighted by Gasteiger charge is 2.30. The number of thiophene rings is 1. The summed E-state index contributed by atoms with van der Waals surface area (Å²) >= 11 is 2.58. The molecule has 2 aromatic carbocycles. The quantitative estimate of drug-likeness (QED) is 0.236. The molecular formula is C27H25F3N4O2S2. The van der Waals surface area contributed by atoms with E-state index in [1.165, 1.54) is 28.0 Å². The Kier molecular flexibility index (Phi) is 7.34. The van der Waals surface area contributed by atoms with Gasteiger partial charge in [0, 0.05) is 23.7 Å². The summed E-state index contributed by atoms with van der Waals surface area (Å²) in [6.45, 7) is 6.65. The molecule has 4 aromatic rings. The summed E-state index contributed by atoms with van der Waals surface area (Å²) in [5.74, 6) is -0.627. The van der Waals surface area contributed by atoms with Gasteiger partial charge in [-0.25, -0.2) is 4.98 Å². The number of halogens is 3. The molecule has 1 amide bonds. The third-order valence-corrected chi connectivity index (χ3v) is 8.52. The third-order valence-electron chi connectivity index (χ3n) is 6.47. The molecule has 1 N–H and O–H groups in total. The second-order valence-corrected chi connectivity index (χ2v) is 11.1. The number of rotatable bonds is 6. The molecule has 0 spiro atoms. The highest BCUT2D eigenvalue weighted by Crippen LogP contribution is 2.34. The van der Waals surface area contributed by atoms with Gasteiger partial charge in [-0.3, -0.25) is 19.1 Å². The van der Waals surface area contributed by atoms with Gasteiger partial charge in [-0.2, -0.15) is 13.2 Å². The van der Waals surface area contributed by atoms with Crippen molar-refractivity contribution in [3.63, 3.8) is 0 Å². The fourth-order valence-electron chi connectivity index (χ4n) is 4.47. The number of hydrogen-bond donors (Lipinski definition) is 1. The third kappa shape index (κ3) is 5.36. The lowest BCUT2D eigenvalue weighted by Gasteiger charge is -2.25. The van der Waals surface area contributed by atoms with Crippen LogP contribution in [0.5, 0.6) is 0 Å². The Morgan fingerprint density at radius 3 is 2.66 bits per heavy atom. The van der Waals surface area contributed by atoms with Crippen molar-refractivity contribution in [1.29, 1.82) is 0 Å². The van der Waals surface area contributed by atoms with Gasteiger partial charge in [0.05, 0.1) is 22.4 Å². The smallest absolute Gasteiger partial charge is 0.325 e. The van der Waals surface area contributed by atoms with Crippen molar-refractivity contribution in [3.8, 4) is 5.69 Å². The Hall–Kier alpha value is -3.15. The molecule has 2 aromatic heterocycles. The number of nitrogens with one attached hydrogen (secondary N) is 1. The van der Waals surface area contributed by atoms with Crippen molar-refractivity contribution in [3.05, 3.63) is 80.5 Å². The van der Waals surface area contributed by atoms with E-state index in [9.17, 15) is 22.8 Å². The van der Waals surface area contributed by atoms with E-state index in [-0.39, 0.29) is 17.0 Å². The van der Waals surface area contributed by atoms with Crippen molar-refractivity contribution in [1.82, 2.24) is 14.5 Å². The molecule has 3 heterocycles. The number of likely N-dealkylation sites (N-methyl/N-ethyl adjacent to an activating group) is 1. The van der Waals surface area contributed by atoms with Crippen LogP contribution in [0.1, 0.15) is 28.5 Å². The standard InChI is InChI=1S/C27H25F3N4O2S2/c1-3-33-12-11-20-21(14-33)38-24-23(20)25(36)34(19-9-7-16(2)8-10-19)26(32-24)37-15-22(35)31-18-6-4-5-17(13-18)27(28,29)30/h4-10,13H,3,11-12,14-15H2,1-2H3,(H,31,35). The summed E-state index contributed by atoms with van der Waals surface area (Å²) in [6.07, 6.45) is -3.73. The lowest BCUT2D eigenvalue weighted by molar-refractivity contribution is -0.137. The number of aryl methyl sites for hydroxylation is 1. The summed E-state index contributed by atoms with van der Waals surface area (Å²) < 4.78 is 40.6. The first-order chi connectivity index (χ1) is 18.1. The number of benzene rings is 2. The van der Waals surface area contributed by atoms with Crippen LogP contribution in [-0.2, 0) is 23.9 Å². The molecule has 6 nitrogen and oxygen atoms in total. The van der Waals surface area contributed by atoms with Gasteiger partial charge in [-0.05, 0) is 55.8 Å². The molecule has 1 aliphatic heterocycles. The second kappa shape index (κ2) is 10.5. The number of alkyl halides is 3. The second-order valence-electron chi connectivity index (χ2n) is 9.09. The first-order valence-electron chi connectivity index (χ1n) is 12.1. The van der Waals surface area contributed by atoms with E-state index in [1.54, 1.807) is 0 Å².